The van der Waals surface area contributed by atoms with Gasteiger partial charge in [0.05, 0.1) is 0 Å². The van der Waals surface area contributed by atoms with Gasteiger partial charge in [0.2, 0.25) is 0 Å². The quantitative estimate of drug-likeness (QED) is 0.424. The third-order valence-corrected chi connectivity index (χ3v) is 0.722. The Labute approximate surface area is 70.5 Å². The van der Waals surface area contributed by atoms with Crippen LogP contribution in [-0.2, 0) is 0 Å². The molecule has 64 valence electrons. The van der Waals surface area contributed by atoms with Gasteiger partial charge in [0.15, 0.2) is 0 Å². The van der Waals surface area contributed by atoms with E-state index in [1.807, 2.05) is 52.8 Å². The van der Waals surface area contributed by atoms with Crippen molar-refractivity contribution in [3.63, 3.8) is 0 Å². The number of rotatable bonds is 2. The summed E-state index contributed by atoms with van der Waals surface area (Å²) >= 11 is 0. The molecular weight excluding hydrogens is 134 g/mol. The zero-order valence-corrected chi connectivity index (χ0v) is 8.26. The topological polar surface area (TPSA) is 12.4 Å². The van der Waals surface area contributed by atoms with Crippen molar-refractivity contribution in [3.8, 4) is 0 Å². The van der Waals surface area contributed by atoms with Gasteiger partial charge in [-0.3, -0.25) is 4.99 Å². The smallest absolute Gasteiger partial charge is 0.0266 e. The molecule has 0 N–H and O–H groups in total. The van der Waals surface area contributed by atoms with Gasteiger partial charge in [0.25, 0.3) is 0 Å². The zero-order valence-electron chi connectivity index (χ0n) is 8.26. The summed E-state index contributed by atoms with van der Waals surface area (Å²) in [5, 5.41) is 0. The fraction of sp³-hybridized carbons (Fsp3) is 0.500. The average molecular weight is 153 g/mol. The number of hydrogen-bond acceptors (Lipinski definition) is 1. The Morgan fingerprint density at radius 2 is 1.64 bits per heavy atom. The summed E-state index contributed by atoms with van der Waals surface area (Å²) in [4.78, 5) is 4.05. The minimum atomic E-state index is 1.08. The Bertz CT molecular complexity index is 137. The van der Waals surface area contributed by atoms with Crippen molar-refractivity contribution in [2.45, 2.75) is 34.6 Å². The Balaban J connectivity index is 0. The van der Waals surface area contributed by atoms with Gasteiger partial charge in [-0.25, -0.2) is 0 Å². The SMILES string of the molecule is C/C=C/C=C\N=C(C)C.CC. The van der Waals surface area contributed by atoms with E-state index in [-0.39, 0.29) is 0 Å². The first-order valence-electron chi connectivity index (χ1n) is 4.06. The molecule has 0 unspecified atom stereocenters. The van der Waals surface area contributed by atoms with Crippen LogP contribution in [0, 0.1) is 0 Å². The lowest BCUT2D eigenvalue weighted by Crippen LogP contribution is -1.74. The molecule has 0 spiro atoms. The van der Waals surface area contributed by atoms with Crippen LogP contribution in [0.1, 0.15) is 34.6 Å². The maximum absolute atomic E-state index is 4.05. The molecule has 0 fully saturated rings. The first-order valence-corrected chi connectivity index (χ1v) is 4.06. The van der Waals surface area contributed by atoms with Crippen LogP contribution in [0.5, 0.6) is 0 Å². The molecule has 0 heterocycles. The molecule has 0 rings (SSSR count). The summed E-state index contributed by atoms with van der Waals surface area (Å²) < 4.78 is 0. The van der Waals surface area contributed by atoms with Crippen LogP contribution >= 0.6 is 0 Å². The molecule has 0 aliphatic carbocycles. The second-order valence-electron chi connectivity index (χ2n) is 1.94. The molecular formula is C10H19N. The van der Waals surface area contributed by atoms with E-state index in [0.717, 1.165) is 5.71 Å². The van der Waals surface area contributed by atoms with Crippen LogP contribution < -0.4 is 0 Å². The predicted molar refractivity (Wildman–Crippen MR) is 54.1 cm³/mol. The summed E-state index contributed by atoms with van der Waals surface area (Å²) in [6.45, 7) is 9.92. The number of aliphatic imine (C=N–C) groups is 1. The Morgan fingerprint density at radius 3 is 2.00 bits per heavy atom. The molecule has 0 aliphatic heterocycles. The number of allylic oxidation sites excluding steroid dienone is 3. The first kappa shape index (κ1) is 12.8. The molecule has 0 aromatic carbocycles. The second-order valence-corrected chi connectivity index (χ2v) is 1.94. The van der Waals surface area contributed by atoms with Crippen LogP contribution in [-0.4, -0.2) is 5.71 Å². The minimum Gasteiger partial charge on any atom is -0.266 e. The van der Waals surface area contributed by atoms with Gasteiger partial charge >= 0.3 is 0 Å². The maximum Gasteiger partial charge on any atom is 0.0266 e. The van der Waals surface area contributed by atoms with Crippen molar-refractivity contribution in [1.82, 2.24) is 0 Å². The standard InChI is InChI=1S/C8H13N.C2H6/c1-4-5-6-7-9-8(2)3;1-2/h4-7H,1-3H3;1-2H3/b5-4+,7-6-;. The minimum absolute atomic E-state index is 1.08. The molecule has 0 aromatic rings. The molecule has 11 heavy (non-hydrogen) atoms. The van der Waals surface area contributed by atoms with Crippen LogP contribution in [0.15, 0.2) is 29.4 Å². The lowest BCUT2D eigenvalue weighted by atomic mass is 10.5. The Hall–Kier alpha value is -0.850. The van der Waals surface area contributed by atoms with E-state index in [9.17, 15) is 0 Å². The maximum atomic E-state index is 4.05. The highest BCUT2D eigenvalue weighted by molar-refractivity contribution is 5.79. The summed E-state index contributed by atoms with van der Waals surface area (Å²) in [5.41, 5.74) is 1.08. The molecule has 0 aromatic heterocycles. The highest BCUT2D eigenvalue weighted by Crippen LogP contribution is 1.80. The van der Waals surface area contributed by atoms with E-state index in [1.54, 1.807) is 6.20 Å². The van der Waals surface area contributed by atoms with Crippen molar-refractivity contribution in [3.05, 3.63) is 24.4 Å². The lowest BCUT2D eigenvalue weighted by molar-refractivity contribution is 1.50. The average Bonchev–Trinajstić information content (AvgIpc) is 2.02. The Morgan fingerprint density at radius 1 is 1.09 bits per heavy atom. The van der Waals surface area contributed by atoms with E-state index in [1.165, 1.54) is 0 Å². The molecule has 0 bridgehead atoms. The predicted octanol–water partition coefficient (Wildman–Crippen LogP) is 3.58. The molecule has 0 saturated carbocycles. The van der Waals surface area contributed by atoms with E-state index in [4.69, 9.17) is 0 Å². The van der Waals surface area contributed by atoms with Crippen molar-refractivity contribution in [2.75, 3.05) is 0 Å². The van der Waals surface area contributed by atoms with E-state index in [2.05, 4.69) is 4.99 Å². The molecule has 0 radical (unpaired) electrons. The van der Waals surface area contributed by atoms with Gasteiger partial charge in [-0.2, -0.15) is 0 Å². The normalized spacial score (nSPS) is 9.55. The summed E-state index contributed by atoms with van der Waals surface area (Å²) in [6.07, 6.45) is 7.62. The van der Waals surface area contributed by atoms with Crippen molar-refractivity contribution >= 4 is 5.71 Å². The van der Waals surface area contributed by atoms with Crippen LogP contribution in [0.3, 0.4) is 0 Å². The number of nitrogens with zero attached hydrogens (tertiary/aromatic N) is 1. The van der Waals surface area contributed by atoms with Crippen LogP contribution in [0.4, 0.5) is 0 Å². The third-order valence-electron chi connectivity index (χ3n) is 0.722. The van der Waals surface area contributed by atoms with Gasteiger partial charge in [0.1, 0.15) is 0 Å². The molecule has 0 atom stereocenters. The molecule has 0 saturated heterocycles. The summed E-state index contributed by atoms with van der Waals surface area (Å²) in [6, 6.07) is 0. The molecule has 0 aliphatic rings. The zero-order chi connectivity index (χ0) is 9.11. The van der Waals surface area contributed by atoms with Crippen molar-refractivity contribution < 1.29 is 0 Å². The highest BCUT2D eigenvalue weighted by Gasteiger charge is 1.67. The van der Waals surface area contributed by atoms with Gasteiger partial charge in [-0.15, -0.1) is 0 Å². The van der Waals surface area contributed by atoms with Gasteiger partial charge < -0.3 is 0 Å². The monoisotopic (exact) mass is 153 g/mol. The fourth-order valence-electron chi connectivity index (χ4n) is 0.353. The van der Waals surface area contributed by atoms with Gasteiger partial charge in [0, 0.05) is 11.9 Å². The molecule has 1 heteroatoms. The van der Waals surface area contributed by atoms with Crippen molar-refractivity contribution in [1.29, 1.82) is 0 Å². The van der Waals surface area contributed by atoms with Crippen LogP contribution in [0.2, 0.25) is 0 Å². The molecule has 0 amide bonds. The fourth-order valence-corrected chi connectivity index (χ4v) is 0.353. The molecule has 1 nitrogen and oxygen atoms in total. The number of hydrogen-bond donors (Lipinski definition) is 0. The first-order chi connectivity index (χ1) is 5.27. The Kier molecular flexibility index (Phi) is 13.8. The van der Waals surface area contributed by atoms with Gasteiger partial charge in [-0.1, -0.05) is 26.0 Å². The largest absolute Gasteiger partial charge is 0.266 e. The van der Waals surface area contributed by atoms with E-state index >= 15 is 0 Å². The summed E-state index contributed by atoms with van der Waals surface area (Å²) in [7, 11) is 0. The van der Waals surface area contributed by atoms with E-state index in [0.29, 0.717) is 0 Å². The van der Waals surface area contributed by atoms with Crippen molar-refractivity contribution in [2.24, 2.45) is 4.99 Å². The highest BCUT2D eigenvalue weighted by atomic mass is 14.7. The third kappa shape index (κ3) is 17.6. The lowest BCUT2D eigenvalue weighted by Gasteiger charge is -1.79. The second kappa shape index (κ2) is 11.9. The summed E-state index contributed by atoms with van der Waals surface area (Å²) in [5.74, 6) is 0. The van der Waals surface area contributed by atoms with Gasteiger partial charge in [-0.05, 0) is 26.8 Å². The van der Waals surface area contributed by atoms with E-state index < -0.39 is 0 Å². The van der Waals surface area contributed by atoms with Crippen LogP contribution in [0.25, 0.3) is 0 Å².